The largest absolute Gasteiger partial charge is 0.435 e. The maximum atomic E-state index is 6.41. The van der Waals surface area contributed by atoms with E-state index in [4.69, 9.17) is 9.40 Å². The highest BCUT2D eigenvalue weighted by atomic mass is 16.3. The molecule has 0 saturated carbocycles. The highest BCUT2D eigenvalue weighted by molar-refractivity contribution is 6.18. The van der Waals surface area contributed by atoms with Crippen LogP contribution in [0.15, 0.2) is 156 Å². The maximum Gasteiger partial charge on any atom is 0.227 e. The minimum Gasteiger partial charge on any atom is -0.435 e. The fourth-order valence-corrected chi connectivity index (χ4v) is 5.75. The van der Waals surface area contributed by atoms with Gasteiger partial charge in [-0.3, -0.25) is 0 Å². The molecule has 0 bridgehead atoms. The number of fused-ring (bicyclic) bond motifs is 5. The van der Waals surface area contributed by atoms with Crippen LogP contribution < -0.4 is 0 Å². The first kappa shape index (κ1) is 23.4. The zero-order chi connectivity index (χ0) is 27.2. The van der Waals surface area contributed by atoms with Gasteiger partial charge in [-0.05, 0) is 73.8 Å². The van der Waals surface area contributed by atoms with E-state index in [1.54, 1.807) is 0 Å². The SMILES string of the molecule is c1ccc(-c2ccc(-c3ccc(-c4ccc5ccc6ccc7nc(-c8ccccc8)oc7c6c5c4)cc3)cc2)cc1. The fraction of sp³-hybridized carbons (Fsp3) is 0. The molecule has 0 spiro atoms. The molecule has 7 aromatic carbocycles. The second-order valence-electron chi connectivity index (χ2n) is 10.4. The number of hydrogen-bond donors (Lipinski definition) is 0. The van der Waals surface area contributed by atoms with Crippen molar-refractivity contribution in [2.75, 3.05) is 0 Å². The summed E-state index contributed by atoms with van der Waals surface area (Å²) in [4.78, 5) is 4.81. The first-order chi connectivity index (χ1) is 20.3. The predicted octanol–water partition coefficient (Wildman–Crippen LogP) is 10.8. The molecule has 0 atom stereocenters. The first-order valence-electron chi connectivity index (χ1n) is 13.9. The number of aromatic nitrogens is 1. The van der Waals surface area contributed by atoms with Crippen molar-refractivity contribution in [3.8, 4) is 44.8 Å². The van der Waals surface area contributed by atoms with Crippen molar-refractivity contribution in [1.82, 2.24) is 4.98 Å². The van der Waals surface area contributed by atoms with Crippen molar-refractivity contribution in [3.63, 3.8) is 0 Å². The molecule has 8 rings (SSSR count). The summed E-state index contributed by atoms with van der Waals surface area (Å²) < 4.78 is 6.41. The van der Waals surface area contributed by atoms with Crippen LogP contribution in [0.3, 0.4) is 0 Å². The summed E-state index contributed by atoms with van der Waals surface area (Å²) in [5.74, 6) is 0.647. The van der Waals surface area contributed by atoms with Crippen LogP contribution in [0.4, 0.5) is 0 Å². The quantitative estimate of drug-likeness (QED) is 0.214. The molecular weight excluding hydrogens is 498 g/mol. The molecule has 0 unspecified atom stereocenters. The molecule has 0 aliphatic carbocycles. The van der Waals surface area contributed by atoms with Crippen molar-refractivity contribution in [1.29, 1.82) is 0 Å². The number of hydrogen-bond acceptors (Lipinski definition) is 2. The van der Waals surface area contributed by atoms with Gasteiger partial charge in [-0.1, -0.05) is 127 Å². The minimum atomic E-state index is 0.647. The Hall–Kier alpha value is -5.47. The third-order valence-electron chi connectivity index (χ3n) is 7.92. The Labute approximate surface area is 238 Å². The average molecular weight is 524 g/mol. The van der Waals surface area contributed by atoms with Gasteiger partial charge in [0.25, 0.3) is 0 Å². The van der Waals surface area contributed by atoms with Gasteiger partial charge in [0.1, 0.15) is 5.52 Å². The molecule has 1 aromatic heterocycles. The maximum absolute atomic E-state index is 6.41. The summed E-state index contributed by atoms with van der Waals surface area (Å²) in [7, 11) is 0. The molecule has 0 aliphatic rings. The van der Waals surface area contributed by atoms with Gasteiger partial charge < -0.3 is 4.42 Å². The third-order valence-corrected chi connectivity index (χ3v) is 7.92. The second kappa shape index (κ2) is 9.62. The van der Waals surface area contributed by atoms with Crippen LogP contribution in [-0.2, 0) is 0 Å². The summed E-state index contributed by atoms with van der Waals surface area (Å²) in [5, 5.41) is 4.60. The van der Waals surface area contributed by atoms with Crippen molar-refractivity contribution < 1.29 is 4.42 Å². The molecule has 192 valence electrons. The highest BCUT2D eigenvalue weighted by Crippen LogP contribution is 2.37. The standard InChI is InChI=1S/C39H25NO/c1-3-7-26(8-4-1)27-11-13-28(14-12-27)29-15-17-30(18-16-29)34-22-20-31-19-21-32-23-24-36-38(37(32)35(31)25-34)41-39(40-36)33-9-5-2-6-10-33/h1-25H. The van der Waals surface area contributed by atoms with E-state index in [1.807, 2.05) is 36.4 Å². The number of nitrogens with zero attached hydrogens (tertiary/aromatic N) is 1. The fourth-order valence-electron chi connectivity index (χ4n) is 5.75. The zero-order valence-corrected chi connectivity index (χ0v) is 22.3. The van der Waals surface area contributed by atoms with E-state index in [0.29, 0.717) is 5.89 Å². The summed E-state index contributed by atoms with van der Waals surface area (Å²) in [6, 6.07) is 53.4. The van der Waals surface area contributed by atoms with Gasteiger partial charge in [-0.15, -0.1) is 0 Å². The number of benzene rings is 7. The molecule has 0 saturated heterocycles. The molecule has 2 nitrogen and oxygen atoms in total. The van der Waals surface area contributed by atoms with Gasteiger partial charge in [-0.25, -0.2) is 4.98 Å². The summed E-state index contributed by atoms with van der Waals surface area (Å²) in [6.07, 6.45) is 0. The Morgan fingerprint density at radius 2 is 0.854 bits per heavy atom. The van der Waals surface area contributed by atoms with E-state index in [0.717, 1.165) is 27.4 Å². The summed E-state index contributed by atoms with van der Waals surface area (Å²) in [5.41, 5.74) is 9.92. The van der Waals surface area contributed by atoms with Crippen molar-refractivity contribution in [2.45, 2.75) is 0 Å². The lowest BCUT2D eigenvalue weighted by molar-refractivity contribution is 0.623. The predicted molar refractivity (Wildman–Crippen MR) is 171 cm³/mol. The molecule has 0 N–H and O–H groups in total. The lowest BCUT2D eigenvalue weighted by Crippen LogP contribution is -1.84. The smallest absolute Gasteiger partial charge is 0.227 e. The molecular formula is C39H25NO. The van der Waals surface area contributed by atoms with Crippen LogP contribution in [0.5, 0.6) is 0 Å². The Balaban J connectivity index is 1.18. The molecule has 0 aliphatic heterocycles. The first-order valence-corrected chi connectivity index (χ1v) is 13.9. The Kier molecular flexibility index (Phi) is 5.49. The normalized spacial score (nSPS) is 11.4. The monoisotopic (exact) mass is 523 g/mol. The molecule has 0 radical (unpaired) electrons. The highest BCUT2D eigenvalue weighted by Gasteiger charge is 2.14. The molecule has 1 heterocycles. The van der Waals surface area contributed by atoms with E-state index in [9.17, 15) is 0 Å². The van der Waals surface area contributed by atoms with Crippen molar-refractivity contribution in [3.05, 3.63) is 152 Å². The Bertz CT molecular complexity index is 2160. The van der Waals surface area contributed by atoms with E-state index < -0.39 is 0 Å². The van der Waals surface area contributed by atoms with Gasteiger partial charge in [-0.2, -0.15) is 0 Å². The number of rotatable bonds is 4. The summed E-state index contributed by atoms with van der Waals surface area (Å²) >= 11 is 0. The van der Waals surface area contributed by atoms with E-state index in [-0.39, 0.29) is 0 Å². The van der Waals surface area contributed by atoms with Gasteiger partial charge in [0.15, 0.2) is 5.58 Å². The van der Waals surface area contributed by atoms with Crippen LogP contribution >= 0.6 is 0 Å². The zero-order valence-electron chi connectivity index (χ0n) is 22.3. The molecule has 2 heteroatoms. The third kappa shape index (κ3) is 4.18. The summed E-state index contributed by atoms with van der Waals surface area (Å²) in [6.45, 7) is 0. The van der Waals surface area contributed by atoms with Crippen LogP contribution in [0, 0.1) is 0 Å². The van der Waals surface area contributed by atoms with Crippen molar-refractivity contribution in [2.24, 2.45) is 0 Å². The molecule has 0 fully saturated rings. The second-order valence-corrected chi connectivity index (χ2v) is 10.4. The Morgan fingerprint density at radius 3 is 1.49 bits per heavy atom. The molecule has 0 amide bonds. The lowest BCUT2D eigenvalue weighted by Gasteiger charge is -2.09. The van der Waals surface area contributed by atoms with Crippen molar-refractivity contribution >= 4 is 32.6 Å². The van der Waals surface area contributed by atoms with E-state index in [2.05, 4.69) is 115 Å². The minimum absolute atomic E-state index is 0.647. The average Bonchev–Trinajstić information content (AvgIpc) is 3.50. The topological polar surface area (TPSA) is 26.0 Å². The van der Waals surface area contributed by atoms with Crippen LogP contribution in [0.1, 0.15) is 0 Å². The van der Waals surface area contributed by atoms with Gasteiger partial charge in [0, 0.05) is 10.9 Å². The van der Waals surface area contributed by atoms with Gasteiger partial charge in [0.2, 0.25) is 5.89 Å². The van der Waals surface area contributed by atoms with Crippen LogP contribution in [0.25, 0.3) is 77.5 Å². The molecule has 41 heavy (non-hydrogen) atoms. The lowest BCUT2D eigenvalue weighted by atomic mass is 9.95. The van der Waals surface area contributed by atoms with Gasteiger partial charge >= 0.3 is 0 Å². The van der Waals surface area contributed by atoms with Crippen LogP contribution in [0.2, 0.25) is 0 Å². The Morgan fingerprint density at radius 1 is 0.390 bits per heavy atom. The molecule has 8 aromatic rings. The van der Waals surface area contributed by atoms with E-state index in [1.165, 1.54) is 44.2 Å². The van der Waals surface area contributed by atoms with Crippen LogP contribution in [-0.4, -0.2) is 4.98 Å². The number of oxazole rings is 1. The van der Waals surface area contributed by atoms with E-state index >= 15 is 0 Å². The van der Waals surface area contributed by atoms with Gasteiger partial charge in [0.05, 0.1) is 0 Å².